The standard InChI is InChI=1S/C16H28N4O/c1-12-10-20(11-16(5,6)21-12)14-9-17-7-13(19-14)8-18-15(2,3)4/h7,9,12,18H,8,10-11H2,1-6H3. The predicted molar refractivity (Wildman–Crippen MR) is 85.5 cm³/mol. The fraction of sp³-hybridized carbons (Fsp3) is 0.750. The summed E-state index contributed by atoms with van der Waals surface area (Å²) in [6, 6.07) is 0. The van der Waals surface area contributed by atoms with Crippen molar-refractivity contribution in [3.8, 4) is 0 Å². The van der Waals surface area contributed by atoms with Gasteiger partial charge < -0.3 is 15.0 Å². The number of ether oxygens (including phenoxy) is 1. The van der Waals surface area contributed by atoms with Crippen LogP contribution in [0.15, 0.2) is 12.4 Å². The quantitative estimate of drug-likeness (QED) is 0.927. The van der Waals surface area contributed by atoms with Crippen molar-refractivity contribution >= 4 is 5.82 Å². The second kappa shape index (κ2) is 5.89. The van der Waals surface area contributed by atoms with Gasteiger partial charge in [-0.3, -0.25) is 4.98 Å². The van der Waals surface area contributed by atoms with Gasteiger partial charge >= 0.3 is 0 Å². The Labute approximate surface area is 128 Å². The molecule has 5 heteroatoms. The lowest BCUT2D eigenvalue weighted by molar-refractivity contribution is -0.0751. The van der Waals surface area contributed by atoms with E-state index in [1.807, 2.05) is 12.4 Å². The highest BCUT2D eigenvalue weighted by molar-refractivity contribution is 5.38. The first-order valence-electron chi connectivity index (χ1n) is 7.63. The van der Waals surface area contributed by atoms with Crippen molar-refractivity contribution < 1.29 is 4.74 Å². The van der Waals surface area contributed by atoms with Gasteiger partial charge in [-0.25, -0.2) is 4.98 Å². The number of nitrogens with zero attached hydrogens (tertiary/aromatic N) is 3. The minimum Gasteiger partial charge on any atom is -0.369 e. The molecule has 1 saturated heterocycles. The summed E-state index contributed by atoms with van der Waals surface area (Å²) in [5.41, 5.74) is 0.894. The summed E-state index contributed by atoms with van der Waals surface area (Å²) in [6.07, 6.45) is 3.87. The molecule has 1 fully saturated rings. The largest absolute Gasteiger partial charge is 0.369 e. The third-order valence-corrected chi connectivity index (χ3v) is 3.36. The monoisotopic (exact) mass is 292 g/mol. The maximum atomic E-state index is 5.95. The molecule has 1 aromatic heterocycles. The van der Waals surface area contributed by atoms with Crippen molar-refractivity contribution in [1.29, 1.82) is 0 Å². The SMILES string of the molecule is CC1CN(c2cncc(CNC(C)(C)C)n2)CC(C)(C)O1. The highest BCUT2D eigenvalue weighted by atomic mass is 16.5. The molecular weight excluding hydrogens is 264 g/mol. The first-order valence-corrected chi connectivity index (χ1v) is 7.63. The van der Waals surface area contributed by atoms with Crippen molar-refractivity contribution in [2.24, 2.45) is 0 Å². The van der Waals surface area contributed by atoms with Crippen molar-refractivity contribution in [1.82, 2.24) is 15.3 Å². The molecular formula is C16H28N4O. The molecule has 21 heavy (non-hydrogen) atoms. The summed E-state index contributed by atoms with van der Waals surface area (Å²) in [4.78, 5) is 11.4. The van der Waals surface area contributed by atoms with Gasteiger partial charge in [-0.15, -0.1) is 0 Å². The summed E-state index contributed by atoms with van der Waals surface area (Å²) in [5.74, 6) is 0.937. The van der Waals surface area contributed by atoms with Gasteiger partial charge in [-0.05, 0) is 41.5 Å². The summed E-state index contributed by atoms with van der Waals surface area (Å²) in [7, 11) is 0. The molecule has 5 nitrogen and oxygen atoms in total. The van der Waals surface area contributed by atoms with Crippen LogP contribution in [0.5, 0.6) is 0 Å². The van der Waals surface area contributed by atoms with Crippen LogP contribution in [0, 0.1) is 0 Å². The first-order chi connectivity index (χ1) is 9.65. The summed E-state index contributed by atoms with van der Waals surface area (Å²) in [5, 5.41) is 3.45. The summed E-state index contributed by atoms with van der Waals surface area (Å²) in [6.45, 7) is 15.2. The van der Waals surface area contributed by atoms with E-state index in [4.69, 9.17) is 9.72 Å². The van der Waals surface area contributed by atoms with Crippen LogP contribution in [-0.2, 0) is 11.3 Å². The number of anilines is 1. The summed E-state index contributed by atoms with van der Waals surface area (Å²) < 4.78 is 5.95. The Morgan fingerprint density at radius 1 is 1.38 bits per heavy atom. The second-order valence-corrected chi connectivity index (χ2v) is 7.54. The first kappa shape index (κ1) is 16.2. The second-order valence-electron chi connectivity index (χ2n) is 7.54. The topological polar surface area (TPSA) is 50.3 Å². The number of morpholine rings is 1. The van der Waals surface area contributed by atoms with Gasteiger partial charge in [0.25, 0.3) is 0 Å². The highest BCUT2D eigenvalue weighted by Crippen LogP contribution is 2.24. The smallest absolute Gasteiger partial charge is 0.147 e. The van der Waals surface area contributed by atoms with Gasteiger partial charge in [-0.1, -0.05) is 0 Å². The maximum absolute atomic E-state index is 5.95. The zero-order valence-corrected chi connectivity index (χ0v) is 14.1. The number of nitrogens with one attached hydrogen (secondary N) is 1. The molecule has 0 saturated carbocycles. The van der Waals surface area contributed by atoms with E-state index < -0.39 is 0 Å². The van der Waals surface area contributed by atoms with E-state index in [2.05, 4.69) is 56.7 Å². The Kier molecular flexibility index (Phi) is 4.54. The van der Waals surface area contributed by atoms with Crippen LogP contribution >= 0.6 is 0 Å². The zero-order valence-electron chi connectivity index (χ0n) is 14.1. The van der Waals surface area contributed by atoms with E-state index in [0.29, 0.717) is 0 Å². The van der Waals surface area contributed by atoms with Crippen LogP contribution in [0.25, 0.3) is 0 Å². The molecule has 0 bridgehead atoms. The van der Waals surface area contributed by atoms with Gasteiger partial charge in [0.1, 0.15) is 5.82 Å². The Morgan fingerprint density at radius 3 is 2.71 bits per heavy atom. The normalized spacial score (nSPS) is 22.4. The maximum Gasteiger partial charge on any atom is 0.147 e. The molecule has 0 amide bonds. The van der Waals surface area contributed by atoms with Crippen molar-refractivity contribution in [3.05, 3.63) is 18.1 Å². The van der Waals surface area contributed by atoms with Gasteiger partial charge in [0, 0.05) is 31.4 Å². The molecule has 1 atom stereocenters. The molecule has 1 aromatic rings. The van der Waals surface area contributed by atoms with Gasteiger partial charge in [-0.2, -0.15) is 0 Å². The Bertz CT molecular complexity index is 481. The van der Waals surface area contributed by atoms with Gasteiger partial charge in [0.2, 0.25) is 0 Å². The van der Waals surface area contributed by atoms with E-state index in [1.54, 1.807) is 0 Å². The molecule has 0 spiro atoms. The molecule has 2 heterocycles. The van der Waals surface area contributed by atoms with Gasteiger partial charge in [0.05, 0.1) is 23.6 Å². The predicted octanol–water partition coefficient (Wildman–Crippen LogP) is 2.37. The molecule has 118 valence electrons. The van der Waals surface area contributed by atoms with Gasteiger partial charge in [0.15, 0.2) is 0 Å². The van der Waals surface area contributed by atoms with Crippen LogP contribution in [0.2, 0.25) is 0 Å². The number of hydrogen-bond donors (Lipinski definition) is 1. The van der Waals surface area contributed by atoms with Crippen LogP contribution in [0.4, 0.5) is 5.82 Å². The highest BCUT2D eigenvalue weighted by Gasteiger charge is 2.32. The van der Waals surface area contributed by atoms with Crippen molar-refractivity contribution in [3.63, 3.8) is 0 Å². The van der Waals surface area contributed by atoms with Crippen LogP contribution in [0.3, 0.4) is 0 Å². The number of aromatic nitrogens is 2. The van der Waals surface area contributed by atoms with Crippen molar-refractivity contribution in [2.45, 2.75) is 65.3 Å². The van der Waals surface area contributed by atoms with Crippen molar-refractivity contribution in [2.75, 3.05) is 18.0 Å². The molecule has 1 N–H and O–H groups in total. The third kappa shape index (κ3) is 4.93. The molecule has 1 aliphatic heterocycles. The lowest BCUT2D eigenvalue weighted by Gasteiger charge is -2.42. The molecule has 2 rings (SSSR count). The lowest BCUT2D eigenvalue weighted by Crippen LogP contribution is -2.52. The van der Waals surface area contributed by atoms with E-state index in [1.165, 1.54) is 0 Å². The van der Waals surface area contributed by atoms with E-state index >= 15 is 0 Å². The number of rotatable bonds is 3. The molecule has 1 aliphatic rings. The van der Waals surface area contributed by atoms with E-state index in [0.717, 1.165) is 31.1 Å². The molecule has 0 aromatic carbocycles. The Balaban J connectivity index is 2.10. The average Bonchev–Trinajstić information content (AvgIpc) is 2.33. The average molecular weight is 292 g/mol. The van der Waals surface area contributed by atoms with E-state index in [9.17, 15) is 0 Å². The Hall–Kier alpha value is -1.20. The van der Waals surface area contributed by atoms with E-state index in [-0.39, 0.29) is 17.2 Å². The molecule has 0 radical (unpaired) electrons. The van der Waals surface area contributed by atoms with Crippen LogP contribution < -0.4 is 10.2 Å². The lowest BCUT2D eigenvalue weighted by atomic mass is 10.1. The third-order valence-electron chi connectivity index (χ3n) is 3.36. The van der Waals surface area contributed by atoms with Crippen LogP contribution in [0.1, 0.15) is 47.2 Å². The minimum atomic E-state index is -0.154. The fourth-order valence-corrected chi connectivity index (χ4v) is 2.62. The summed E-state index contributed by atoms with van der Waals surface area (Å²) >= 11 is 0. The molecule has 1 unspecified atom stereocenters. The van der Waals surface area contributed by atoms with Crippen LogP contribution in [-0.4, -0.2) is 40.3 Å². The minimum absolute atomic E-state index is 0.0765. The Morgan fingerprint density at radius 2 is 2.10 bits per heavy atom. The zero-order chi connectivity index (χ0) is 15.7. The molecule has 0 aliphatic carbocycles. The fourth-order valence-electron chi connectivity index (χ4n) is 2.62. The number of hydrogen-bond acceptors (Lipinski definition) is 5.